The lowest BCUT2D eigenvalue weighted by atomic mass is 10.0. The lowest BCUT2D eigenvalue weighted by Gasteiger charge is -2.08. The fourth-order valence-corrected chi connectivity index (χ4v) is 1.63. The number of nitrogens with one attached hydrogen (secondary N) is 1. The number of aromatic nitrogens is 2. The van der Waals surface area contributed by atoms with Gasteiger partial charge in [0.15, 0.2) is 0 Å². The van der Waals surface area contributed by atoms with E-state index in [0.717, 1.165) is 0 Å². The number of hydrogen-bond acceptors (Lipinski definition) is 4. The van der Waals surface area contributed by atoms with Crippen molar-refractivity contribution in [1.29, 1.82) is 0 Å². The summed E-state index contributed by atoms with van der Waals surface area (Å²) in [6.45, 7) is 5.63. The second kappa shape index (κ2) is 4.92. The fraction of sp³-hybridized carbons (Fsp3) is 0.545. The highest BCUT2D eigenvalue weighted by Gasteiger charge is 2.13. The molecule has 88 valence electrons. The van der Waals surface area contributed by atoms with Gasteiger partial charge in [-0.25, -0.2) is 4.98 Å². The Morgan fingerprint density at radius 2 is 2.12 bits per heavy atom. The van der Waals surface area contributed by atoms with Crippen molar-refractivity contribution in [2.45, 2.75) is 33.1 Å². The molecule has 5 nitrogen and oxygen atoms in total. The van der Waals surface area contributed by atoms with Gasteiger partial charge in [0.05, 0.1) is 7.11 Å². The van der Waals surface area contributed by atoms with Gasteiger partial charge in [-0.3, -0.25) is 9.59 Å². The Balaban J connectivity index is 3.10. The van der Waals surface area contributed by atoms with Gasteiger partial charge in [-0.15, -0.1) is 0 Å². The van der Waals surface area contributed by atoms with Crippen LogP contribution in [0.5, 0.6) is 0 Å². The molecule has 0 atom stereocenters. The fourth-order valence-electron chi connectivity index (χ4n) is 1.63. The number of carbonyl (C=O) groups excluding carboxylic acids is 1. The van der Waals surface area contributed by atoms with E-state index in [4.69, 9.17) is 0 Å². The minimum absolute atomic E-state index is 0.00897. The number of rotatable bonds is 3. The number of carbonyl (C=O) groups is 1. The molecule has 16 heavy (non-hydrogen) atoms. The van der Waals surface area contributed by atoms with Gasteiger partial charge in [-0.2, -0.15) is 0 Å². The number of ether oxygens (including phenoxy) is 1. The predicted octanol–water partition coefficient (Wildman–Crippen LogP) is 0.917. The summed E-state index contributed by atoms with van der Waals surface area (Å²) in [7, 11) is 1.30. The zero-order chi connectivity index (χ0) is 12.3. The van der Waals surface area contributed by atoms with Crippen molar-refractivity contribution in [3.8, 4) is 0 Å². The lowest BCUT2D eigenvalue weighted by molar-refractivity contribution is -0.139. The molecule has 0 aliphatic heterocycles. The standard InChI is InChI=1S/C11H16N2O3/c1-6(2)10-7(3)12-8(13-11(10)15)5-9(14)16-4/h6H,5H2,1-4H3,(H,12,13,15). The third kappa shape index (κ3) is 2.68. The lowest BCUT2D eigenvalue weighted by Crippen LogP contribution is -2.21. The van der Waals surface area contributed by atoms with Crippen molar-refractivity contribution in [3.05, 3.63) is 27.4 Å². The third-order valence-corrected chi connectivity index (χ3v) is 2.31. The van der Waals surface area contributed by atoms with Gasteiger partial charge in [-0.1, -0.05) is 13.8 Å². The number of nitrogens with zero attached hydrogens (tertiary/aromatic N) is 1. The van der Waals surface area contributed by atoms with Gasteiger partial charge in [-0.05, 0) is 12.8 Å². The molecule has 1 heterocycles. The molecule has 0 radical (unpaired) electrons. The van der Waals surface area contributed by atoms with E-state index in [0.29, 0.717) is 17.1 Å². The molecule has 0 saturated carbocycles. The first-order chi connectivity index (χ1) is 7.45. The van der Waals surface area contributed by atoms with Crippen LogP contribution in [0, 0.1) is 6.92 Å². The smallest absolute Gasteiger partial charge is 0.313 e. The van der Waals surface area contributed by atoms with E-state index in [1.807, 2.05) is 13.8 Å². The largest absolute Gasteiger partial charge is 0.469 e. The van der Waals surface area contributed by atoms with Crippen LogP contribution in [-0.2, 0) is 16.0 Å². The second-order valence-electron chi connectivity index (χ2n) is 3.92. The average Bonchev–Trinajstić information content (AvgIpc) is 2.15. The van der Waals surface area contributed by atoms with E-state index in [2.05, 4.69) is 14.7 Å². The Kier molecular flexibility index (Phi) is 3.82. The molecule has 0 bridgehead atoms. The van der Waals surface area contributed by atoms with Gasteiger partial charge >= 0.3 is 5.97 Å². The third-order valence-electron chi connectivity index (χ3n) is 2.31. The highest BCUT2D eigenvalue weighted by atomic mass is 16.5. The summed E-state index contributed by atoms with van der Waals surface area (Å²) in [5, 5.41) is 0. The first kappa shape index (κ1) is 12.4. The number of aromatic amines is 1. The Morgan fingerprint density at radius 3 is 2.56 bits per heavy atom. The van der Waals surface area contributed by atoms with Crippen molar-refractivity contribution >= 4 is 5.97 Å². The van der Waals surface area contributed by atoms with Crippen LogP contribution in [0.2, 0.25) is 0 Å². The molecular formula is C11H16N2O3. The monoisotopic (exact) mass is 224 g/mol. The minimum Gasteiger partial charge on any atom is -0.469 e. The van der Waals surface area contributed by atoms with Crippen LogP contribution in [0.3, 0.4) is 0 Å². The number of H-pyrrole nitrogens is 1. The molecule has 1 aromatic rings. The molecule has 0 aliphatic rings. The van der Waals surface area contributed by atoms with Crippen LogP contribution < -0.4 is 5.56 Å². The minimum atomic E-state index is -0.417. The highest BCUT2D eigenvalue weighted by Crippen LogP contribution is 2.12. The first-order valence-electron chi connectivity index (χ1n) is 5.12. The molecule has 0 spiro atoms. The maximum atomic E-state index is 11.7. The van der Waals surface area contributed by atoms with Crippen LogP contribution >= 0.6 is 0 Å². The summed E-state index contributed by atoms with van der Waals surface area (Å²) < 4.78 is 4.51. The number of esters is 1. The van der Waals surface area contributed by atoms with E-state index < -0.39 is 5.97 Å². The van der Waals surface area contributed by atoms with Crippen molar-refractivity contribution in [2.75, 3.05) is 7.11 Å². The molecule has 0 saturated heterocycles. The number of aryl methyl sites for hydroxylation is 1. The first-order valence-corrected chi connectivity index (χ1v) is 5.12. The van der Waals surface area contributed by atoms with Gasteiger partial charge < -0.3 is 9.72 Å². The van der Waals surface area contributed by atoms with Crippen molar-refractivity contribution in [3.63, 3.8) is 0 Å². The van der Waals surface area contributed by atoms with Crippen molar-refractivity contribution < 1.29 is 9.53 Å². The summed E-state index contributed by atoms with van der Waals surface area (Å²) in [5.74, 6) is 0.0435. The summed E-state index contributed by atoms with van der Waals surface area (Å²) in [6.07, 6.45) is -0.00897. The molecule has 1 N–H and O–H groups in total. The van der Waals surface area contributed by atoms with Crippen LogP contribution in [0.25, 0.3) is 0 Å². The zero-order valence-electron chi connectivity index (χ0n) is 9.96. The van der Waals surface area contributed by atoms with E-state index in [1.165, 1.54) is 7.11 Å². The Hall–Kier alpha value is -1.65. The molecule has 0 fully saturated rings. The molecule has 0 amide bonds. The summed E-state index contributed by atoms with van der Waals surface area (Å²) in [4.78, 5) is 29.5. The summed E-state index contributed by atoms with van der Waals surface area (Å²) in [6, 6.07) is 0. The quantitative estimate of drug-likeness (QED) is 0.775. The second-order valence-corrected chi connectivity index (χ2v) is 3.92. The predicted molar refractivity (Wildman–Crippen MR) is 59.4 cm³/mol. The van der Waals surface area contributed by atoms with Crippen LogP contribution in [0.4, 0.5) is 0 Å². The van der Waals surface area contributed by atoms with Crippen LogP contribution in [0.15, 0.2) is 4.79 Å². The van der Waals surface area contributed by atoms with Gasteiger partial charge in [0, 0.05) is 11.3 Å². The molecule has 0 aliphatic carbocycles. The molecular weight excluding hydrogens is 208 g/mol. The van der Waals surface area contributed by atoms with E-state index in [-0.39, 0.29) is 17.9 Å². The normalized spacial score (nSPS) is 10.6. The Labute approximate surface area is 93.9 Å². The molecule has 0 aromatic carbocycles. The SMILES string of the molecule is COC(=O)Cc1nc(C)c(C(C)C)c(=O)[nH]1. The molecule has 1 rings (SSSR count). The maximum Gasteiger partial charge on any atom is 0.313 e. The molecule has 1 aromatic heterocycles. The van der Waals surface area contributed by atoms with E-state index in [1.54, 1.807) is 6.92 Å². The highest BCUT2D eigenvalue weighted by molar-refractivity contribution is 5.71. The van der Waals surface area contributed by atoms with E-state index >= 15 is 0 Å². The van der Waals surface area contributed by atoms with Gasteiger partial charge in [0.25, 0.3) is 5.56 Å². The van der Waals surface area contributed by atoms with Crippen LogP contribution in [0.1, 0.15) is 36.8 Å². The van der Waals surface area contributed by atoms with Crippen molar-refractivity contribution in [2.24, 2.45) is 0 Å². The zero-order valence-corrected chi connectivity index (χ0v) is 9.96. The topological polar surface area (TPSA) is 72.0 Å². The average molecular weight is 224 g/mol. The molecule has 0 unspecified atom stereocenters. The number of methoxy groups -OCH3 is 1. The van der Waals surface area contributed by atoms with Gasteiger partial charge in [0.1, 0.15) is 12.2 Å². The van der Waals surface area contributed by atoms with Crippen molar-refractivity contribution in [1.82, 2.24) is 9.97 Å². The summed E-state index contributed by atoms with van der Waals surface area (Å²) in [5.41, 5.74) is 1.15. The summed E-state index contributed by atoms with van der Waals surface area (Å²) >= 11 is 0. The Bertz CT molecular complexity index is 449. The molecule has 5 heteroatoms. The number of hydrogen-bond donors (Lipinski definition) is 1. The Morgan fingerprint density at radius 1 is 1.50 bits per heavy atom. The maximum absolute atomic E-state index is 11.7. The van der Waals surface area contributed by atoms with Crippen LogP contribution in [-0.4, -0.2) is 23.0 Å². The van der Waals surface area contributed by atoms with E-state index in [9.17, 15) is 9.59 Å². The van der Waals surface area contributed by atoms with Gasteiger partial charge in [0.2, 0.25) is 0 Å².